The summed E-state index contributed by atoms with van der Waals surface area (Å²) in [5.41, 5.74) is -0.0483. The minimum absolute atomic E-state index is 0.124. The Labute approximate surface area is 133 Å². The summed E-state index contributed by atoms with van der Waals surface area (Å²) in [6, 6.07) is 8.61. The van der Waals surface area contributed by atoms with Crippen LogP contribution >= 0.6 is 0 Å². The molecule has 0 bridgehead atoms. The van der Waals surface area contributed by atoms with Gasteiger partial charge in [0.2, 0.25) is 5.91 Å². The fourth-order valence-electron chi connectivity index (χ4n) is 2.44. The first-order chi connectivity index (χ1) is 10.9. The van der Waals surface area contributed by atoms with Crippen LogP contribution in [-0.4, -0.2) is 42.4 Å². The Kier molecular flexibility index (Phi) is 4.63. The second kappa shape index (κ2) is 6.47. The van der Waals surface area contributed by atoms with E-state index >= 15 is 0 Å². The van der Waals surface area contributed by atoms with Crippen LogP contribution in [0, 0.1) is 0 Å². The highest BCUT2D eigenvalue weighted by molar-refractivity contribution is 6.07. The van der Waals surface area contributed by atoms with Crippen molar-refractivity contribution < 1.29 is 19.2 Å². The third kappa shape index (κ3) is 3.15. The third-order valence-corrected chi connectivity index (χ3v) is 3.75. The van der Waals surface area contributed by atoms with Crippen molar-refractivity contribution in [2.24, 2.45) is 0 Å². The molecular formula is C15H18N4O4. The summed E-state index contributed by atoms with van der Waals surface area (Å²) in [7, 11) is 1.50. The lowest BCUT2D eigenvalue weighted by atomic mass is 9.87. The zero-order valence-corrected chi connectivity index (χ0v) is 12.9. The molecular weight excluding hydrogens is 300 g/mol. The molecule has 3 rings (SSSR count). The van der Waals surface area contributed by atoms with Crippen molar-refractivity contribution >= 4 is 23.9 Å². The maximum absolute atomic E-state index is 12.1. The van der Waals surface area contributed by atoms with Gasteiger partial charge in [-0.3, -0.25) is 19.8 Å². The number of likely N-dealkylation sites (N-methyl/N-ethyl adjacent to an activating group) is 1. The molecule has 0 radical (unpaired) electrons. The third-order valence-electron chi connectivity index (χ3n) is 3.75. The van der Waals surface area contributed by atoms with E-state index in [0.29, 0.717) is 6.42 Å². The van der Waals surface area contributed by atoms with Gasteiger partial charge in [0.05, 0.1) is 6.54 Å². The maximum Gasteiger partial charge on any atom is 0.325 e. The molecule has 3 N–H and O–H groups in total. The molecule has 2 heterocycles. The van der Waals surface area contributed by atoms with Crippen LogP contribution in [0.5, 0.6) is 0 Å². The van der Waals surface area contributed by atoms with Crippen molar-refractivity contribution in [1.29, 1.82) is 0 Å². The summed E-state index contributed by atoms with van der Waals surface area (Å²) in [6.07, 6.45) is 0.548. The number of carbonyl (C=O) groups excluding carboxylic acids is 4. The molecule has 1 unspecified atom stereocenters. The molecule has 122 valence electrons. The summed E-state index contributed by atoms with van der Waals surface area (Å²) >= 11 is 0. The molecule has 2 aliphatic heterocycles. The van der Waals surface area contributed by atoms with Gasteiger partial charge in [0.25, 0.3) is 5.91 Å². The van der Waals surface area contributed by atoms with E-state index in [4.69, 9.17) is 0 Å². The minimum Gasteiger partial charge on any atom is -0.329 e. The van der Waals surface area contributed by atoms with E-state index in [0.717, 1.165) is 10.5 Å². The first-order valence-electron chi connectivity index (χ1n) is 7.14. The molecule has 0 saturated carbocycles. The topological polar surface area (TPSA) is 108 Å². The van der Waals surface area contributed by atoms with Crippen LogP contribution < -0.4 is 16.0 Å². The maximum atomic E-state index is 12.1. The predicted molar refractivity (Wildman–Crippen MR) is 81.3 cm³/mol. The average Bonchev–Trinajstić information content (AvgIpc) is 3.04. The Morgan fingerprint density at radius 2 is 1.78 bits per heavy atom. The zero-order valence-electron chi connectivity index (χ0n) is 12.9. The Bertz CT molecular complexity index is 632. The number of nitrogens with zero attached hydrogens (tertiary/aromatic N) is 1. The van der Waals surface area contributed by atoms with Crippen LogP contribution in [0.3, 0.4) is 0 Å². The molecule has 8 nitrogen and oxygen atoms in total. The van der Waals surface area contributed by atoms with Gasteiger partial charge >= 0.3 is 12.1 Å². The lowest BCUT2D eigenvalue weighted by Crippen LogP contribution is -2.43. The molecule has 0 aliphatic carbocycles. The van der Waals surface area contributed by atoms with Crippen LogP contribution in [0.25, 0.3) is 0 Å². The molecule has 2 saturated heterocycles. The Balaban J connectivity index is 0.000000229. The SMILES string of the molecule is CCC1(c2ccccc2)NC(=O)N(C)C1=O.O=C1CNC(=O)N1. The Morgan fingerprint density at radius 1 is 1.13 bits per heavy atom. The molecule has 0 spiro atoms. The summed E-state index contributed by atoms with van der Waals surface area (Å²) in [5, 5.41) is 7.07. The smallest absolute Gasteiger partial charge is 0.325 e. The van der Waals surface area contributed by atoms with Crippen molar-refractivity contribution in [3.8, 4) is 0 Å². The van der Waals surface area contributed by atoms with E-state index < -0.39 is 11.6 Å². The van der Waals surface area contributed by atoms with Crippen LogP contribution in [-0.2, 0) is 15.1 Å². The van der Waals surface area contributed by atoms with Gasteiger partial charge in [0, 0.05) is 7.05 Å². The van der Waals surface area contributed by atoms with Crippen molar-refractivity contribution in [2.75, 3.05) is 13.6 Å². The number of urea groups is 2. The summed E-state index contributed by atoms with van der Waals surface area (Å²) < 4.78 is 0. The first kappa shape index (κ1) is 16.5. The van der Waals surface area contributed by atoms with E-state index in [2.05, 4.69) is 10.6 Å². The lowest BCUT2D eigenvalue weighted by molar-refractivity contribution is -0.130. The van der Waals surface area contributed by atoms with E-state index in [1.807, 2.05) is 42.6 Å². The van der Waals surface area contributed by atoms with Gasteiger partial charge in [-0.1, -0.05) is 37.3 Å². The average molecular weight is 318 g/mol. The molecule has 6 amide bonds. The monoisotopic (exact) mass is 318 g/mol. The second-order valence-corrected chi connectivity index (χ2v) is 5.15. The van der Waals surface area contributed by atoms with Gasteiger partial charge in [-0.25, -0.2) is 9.59 Å². The number of benzene rings is 1. The Hall–Kier alpha value is -2.90. The molecule has 2 aliphatic rings. The molecule has 8 heteroatoms. The summed E-state index contributed by atoms with van der Waals surface area (Å²) in [4.78, 5) is 44.8. The van der Waals surface area contributed by atoms with Gasteiger partial charge in [-0.05, 0) is 12.0 Å². The fourth-order valence-corrected chi connectivity index (χ4v) is 2.44. The number of rotatable bonds is 2. The van der Waals surface area contributed by atoms with Gasteiger partial charge in [0.15, 0.2) is 0 Å². The zero-order chi connectivity index (χ0) is 17.0. The normalized spacial score (nSPS) is 23.0. The molecule has 1 aromatic rings. The lowest BCUT2D eigenvalue weighted by Gasteiger charge is -2.25. The molecule has 1 aromatic carbocycles. The number of hydrogen-bond donors (Lipinski definition) is 3. The second-order valence-electron chi connectivity index (χ2n) is 5.15. The number of amides is 6. The summed E-state index contributed by atoms with van der Waals surface area (Å²) in [6.45, 7) is 2.02. The van der Waals surface area contributed by atoms with Gasteiger partial charge in [-0.2, -0.15) is 0 Å². The van der Waals surface area contributed by atoms with E-state index in [9.17, 15) is 19.2 Å². The van der Waals surface area contributed by atoms with Crippen LogP contribution in [0.4, 0.5) is 9.59 Å². The van der Waals surface area contributed by atoms with Gasteiger partial charge < -0.3 is 10.6 Å². The highest BCUT2D eigenvalue weighted by Crippen LogP contribution is 2.31. The number of carbonyl (C=O) groups is 4. The largest absolute Gasteiger partial charge is 0.329 e. The molecule has 0 aromatic heterocycles. The van der Waals surface area contributed by atoms with Crippen molar-refractivity contribution in [3.05, 3.63) is 35.9 Å². The first-order valence-corrected chi connectivity index (χ1v) is 7.14. The van der Waals surface area contributed by atoms with E-state index in [-0.39, 0.29) is 24.4 Å². The molecule has 2 fully saturated rings. The van der Waals surface area contributed by atoms with E-state index in [1.54, 1.807) is 0 Å². The molecule has 1 atom stereocenters. The van der Waals surface area contributed by atoms with Crippen LogP contribution in [0.15, 0.2) is 30.3 Å². The number of imide groups is 2. The van der Waals surface area contributed by atoms with Crippen molar-refractivity contribution in [2.45, 2.75) is 18.9 Å². The van der Waals surface area contributed by atoms with Gasteiger partial charge in [0.1, 0.15) is 5.54 Å². The van der Waals surface area contributed by atoms with Crippen LogP contribution in [0.1, 0.15) is 18.9 Å². The fraction of sp³-hybridized carbons (Fsp3) is 0.333. The van der Waals surface area contributed by atoms with Gasteiger partial charge in [-0.15, -0.1) is 0 Å². The number of nitrogens with one attached hydrogen (secondary N) is 3. The molecule has 23 heavy (non-hydrogen) atoms. The number of hydrogen-bond acceptors (Lipinski definition) is 4. The van der Waals surface area contributed by atoms with Crippen LogP contribution in [0.2, 0.25) is 0 Å². The predicted octanol–water partition coefficient (Wildman–Crippen LogP) is 0.299. The highest BCUT2D eigenvalue weighted by atomic mass is 16.2. The summed E-state index contributed by atoms with van der Waals surface area (Å²) in [5.74, 6) is -0.448. The quantitative estimate of drug-likeness (QED) is 0.682. The standard InChI is InChI=1S/C12H14N2O2.C3H4N2O2/c1-3-12(9-7-5-4-6-8-9)10(15)14(2)11(16)13-12;6-2-1-4-3(7)5-2/h4-8H,3H2,1-2H3,(H,13,16);1H2,(H2,4,5,6,7). The Morgan fingerprint density at radius 3 is 2.13 bits per heavy atom. The highest BCUT2D eigenvalue weighted by Gasteiger charge is 2.49. The van der Waals surface area contributed by atoms with Crippen molar-refractivity contribution in [3.63, 3.8) is 0 Å². The minimum atomic E-state index is -0.882. The van der Waals surface area contributed by atoms with Crippen molar-refractivity contribution in [1.82, 2.24) is 20.9 Å². The van der Waals surface area contributed by atoms with E-state index in [1.165, 1.54) is 7.05 Å².